The van der Waals surface area contributed by atoms with Gasteiger partial charge in [-0.25, -0.2) is 0 Å². The van der Waals surface area contributed by atoms with E-state index in [0.717, 1.165) is 11.3 Å². The first kappa shape index (κ1) is 12.6. The van der Waals surface area contributed by atoms with Gasteiger partial charge in [-0.3, -0.25) is 9.59 Å². The van der Waals surface area contributed by atoms with E-state index in [1.54, 1.807) is 11.9 Å². The lowest BCUT2D eigenvalue weighted by atomic mass is 10.1. The molecule has 96 valence electrons. The number of amides is 2. The lowest BCUT2D eigenvalue weighted by Gasteiger charge is -2.16. The molecule has 1 heterocycles. The summed E-state index contributed by atoms with van der Waals surface area (Å²) < 4.78 is 0. The van der Waals surface area contributed by atoms with Crippen LogP contribution in [0.5, 0.6) is 0 Å². The Morgan fingerprint density at radius 1 is 1.56 bits per heavy atom. The average molecular weight is 247 g/mol. The summed E-state index contributed by atoms with van der Waals surface area (Å²) in [5.74, 6) is -0.00353. The van der Waals surface area contributed by atoms with Crippen molar-refractivity contribution in [3.63, 3.8) is 0 Å². The van der Waals surface area contributed by atoms with E-state index < -0.39 is 0 Å². The van der Waals surface area contributed by atoms with Crippen LogP contribution in [-0.2, 0) is 16.0 Å². The van der Waals surface area contributed by atoms with Gasteiger partial charge in [0.05, 0.1) is 6.42 Å². The Morgan fingerprint density at radius 3 is 2.94 bits per heavy atom. The summed E-state index contributed by atoms with van der Waals surface area (Å²) in [6.45, 7) is 0.544. The molecule has 0 spiro atoms. The lowest BCUT2D eigenvalue weighted by molar-refractivity contribution is -0.120. The van der Waals surface area contributed by atoms with Gasteiger partial charge < -0.3 is 16.0 Å². The summed E-state index contributed by atoms with van der Waals surface area (Å²) in [6, 6.07) is 7.36. The Bertz CT molecular complexity index is 473. The third-order valence-corrected chi connectivity index (χ3v) is 3.02. The number of nitrogens with two attached hydrogens (primary N) is 1. The second-order valence-electron chi connectivity index (χ2n) is 4.49. The average Bonchev–Trinajstić information content (AvgIpc) is 2.68. The van der Waals surface area contributed by atoms with Gasteiger partial charge in [-0.15, -0.1) is 0 Å². The number of carbonyl (C=O) groups excluding carboxylic acids is 2. The van der Waals surface area contributed by atoms with Crippen LogP contribution in [0.2, 0.25) is 0 Å². The third-order valence-electron chi connectivity index (χ3n) is 3.02. The minimum atomic E-state index is -0.0971. The molecule has 5 heteroatoms. The van der Waals surface area contributed by atoms with Crippen molar-refractivity contribution >= 4 is 17.5 Å². The van der Waals surface area contributed by atoms with Gasteiger partial charge in [0.2, 0.25) is 11.8 Å². The van der Waals surface area contributed by atoms with E-state index in [2.05, 4.69) is 5.32 Å². The molecule has 0 bridgehead atoms. The molecule has 1 aliphatic rings. The number of anilines is 1. The highest BCUT2D eigenvalue weighted by Gasteiger charge is 2.27. The molecule has 0 radical (unpaired) electrons. The van der Waals surface area contributed by atoms with E-state index in [4.69, 9.17) is 5.73 Å². The SMILES string of the molecule is CNC(=O)Cc1cccc(N2CC(N)CC2=O)c1. The molecule has 18 heavy (non-hydrogen) atoms. The molecule has 2 rings (SSSR count). The maximum absolute atomic E-state index is 11.7. The molecule has 1 aromatic rings. The first-order valence-corrected chi connectivity index (χ1v) is 5.95. The molecule has 3 N–H and O–H groups in total. The quantitative estimate of drug-likeness (QED) is 0.792. The van der Waals surface area contributed by atoms with Gasteiger partial charge in [0.15, 0.2) is 0 Å². The maximum Gasteiger partial charge on any atom is 0.228 e. The Labute approximate surface area is 106 Å². The van der Waals surface area contributed by atoms with Crippen LogP contribution in [0.1, 0.15) is 12.0 Å². The Kier molecular flexibility index (Phi) is 3.62. The van der Waals surface area contributed by atoms with Gasteiger partial charge in [-0.05, 0) is 17.7 Å². The molecule has 1 aromatic carbocycles. The van der Waals surface area contributed by atoms with Crippen LogP contribution in [-0.4, -0.2) is 31.4 Å². The fourth-order valence-electron chi connectivity index (χ4n) is 2.09. The zero-order valence-electron chi connectivity index (χ0n) is 10.3. The number of hydrogen-bond donors (Lipinski definition) is 2. The molecule has 1 saturated heterocycles. The van der Waals surface area contributed by atoms with Gasteiger partial charge in [0.25, 0.3) is 0 Å². The minimum Gasteiger partial charge on any atom is -0.359 e. The molecular weight excluding hydrogens is 230 g/mol. The van der Waals surface area contributed by atoms with Crippen LogP contribution in [0.15, 0.2) is 24.3 Å². The Morgan fingerprint density at radius 2 is 2.33 bits per heavy atom. The van der Waals surface area contributed by atoms with E-state index in [-0.39, 0.29) is 17.9 Å². The fourth-order valence-corrected chi connectivity index (χ4v) is 2.09. The summed E-state index contributed by atoms with van der Waals surface area (Å²) in [6.07, 6.45) is 0.706. The highest BCUT2D eigenvalue weighted by Crippen LogP contribution is 2.22. The summed E-state index contributed by atoms with van der Waals surface area (Å²) in [4.78, 5) is 24.7. The summed E-state index contributed by atoms with van der Waals surface area (Å²) in [5.41, 5.74) is 7.47. The van der Waals surface area contributed by atoms with Crippen LogP contribution < -0.4 is 16.0 Å². The molecule has 1 atom stereocenters. The summed E-state index contributed by atoms with van der Waals surface area (Å²) in [7, 11) is 1.61. The van der Waals surface area contributed by atoms with Crippen LogP contribution in [0.4, 0.5) is 5.69 Å². The molecular formula is C13H17N3O2. The number of rotatable bonds is 3. The first-order chi connectivity index (χ1) is 8.60. The molecule has 0 saturated carbocycles. The Hall–Kier alpha value is -1.88. The van der Waals surface area contributed by atoms with E-state index >= 15 is 0 Å². The van der Waals surface area contributed by atoms with Gasteiger partial charge >= 0.3 is 0 Å². The van der Waals surface area contributed by atoms with Crippen LogP contribution in [0.25, 0.3) is 0 Å². The predicted molar refractivity (Wildman–Crippen MR) is 69.2 cm³/mol. The Balaban J connectivity index is 2.17. The first-order valence-electron chi connectivity index (χ1n) is 5.95. The van der Waals surface area contributed by atoms with Crippen LogP contribution in [0, 0.1) is 0 Å². The zero-order chi connectivity index (χ0) is 13.1. The van der Waals surface area contributed by atoms with E-state index in [9.17, 15) is 9.59 Å². The minimum absolute atomic E-state index is 0.0413. The molecule has 0 aromatic heterocycles. The van der Waals surface area contributed by atoms with Crippen molar-refractivity contribution in [2.24, 2.45) is 5.73 Å². The monoisotopic (exact) mass is 247 g/mol. The normalized spacial score (nSPS) is 19.1. The van der Waals surface area contributed by atoms with Gasteiger partial charge in [-0.2, -0.15) is 0 Å². The van der Waals surface area contributed by atoms with Crippen molar-refractivity contribution in [3.8, 4) is 0 Å². The van der Waals surface area contributed by atoms with E-state index in [0.29, 0.717) is 19.4 Å². The van der Waals surface area contributed by atoms with Crippen molar-refractivity contribution in [2.45, 2.75) is 18.9 Å². The second-order valence-corrected chi connectivity index (χ2v) is 4.49. The lowest BCUT2D eigenvalue weighted by Crippen LogP contribution is -2.28. The topological polar surface area (TPSA) is 75.4 Å². The van der Waals surface area contributed by atoms with Crippen LogP contribution >= 0.6 is 0 Å². The zero-order valence-corrected chi connectivity index (χ0v) is 10.3. The van der Waals surface area contributed by atoms with Gasteiger partial charge in [0, 0.05) is 31.7 Å². The van der Waals surface area contributed by atoms with Gasteiger partial charge in [-0.1, -0.05) is 12.1 Å². The fraction of sp³-hybridized carbons (Fsp3) is 0.385. The number of likely N-dealkylation sites (N-methyl/N-ethyl adjacent to an activating group) is 1. The molecule has 2 amide bonds. The number of benzene rings is 1. The summed E-state index contributed by atoms with van der Waals surface area (Å²) in [5, 5.41) is 2.58. The van der Waals surface area contributed by atoms with Crippen molar-refractivity contribution in [1.29, 1.82) is 0 Å². The van der Waals surface area contributed by atoms with Crippen molar-refractivity contribution in [3.05, 3.63) is 29.8 Å². The van der Waals surface area contributed by atoms with Crippen molar-refractivity contribution < 1.29 is 9.59 Å². The standard InChI is InChI=1S/C13H17N3O2/c1-15-12(17)6-9-3-2-4-11(5-9)16-8-10(14)7-13(16)18/h2-5,10H,6-8,14H2,1H3,(H,15,17). The summed E-state index contributed by atoms with van der Waals surface area (Å²) >= 11 is 0. The van der Waals surface area contributed by atoms with Crippen LogP contribution in [0.3, 0.4) is 0 Å². The number of hydrogen-bond acceptors (Lipinski definition) is 3. The molecule has 1 fully saturated rings. The number of nitrogens with zero attached hydrogens (tertiary/aromatic N) is 1. The highest BCUT2D eigenvalue weighted by molar-refractivity contribution is 5.96. The molecule has 1 unspecified atom stereocenters. The third kappa shape index (κ3) is 2.68. The largest absolute Gasteiger partial charge is 0.359 e. The predicted octanol–water partition coefficient (Wildman–Crippen LogP) is 0.0391. The number of nitrogens with one attached hydrogen (secondary N) is 1. The molecule has 1 aliphatic heterocycles. The maximum atomic E-state index is 11.7. The number of carbonyl (C=O) groups is 2. The van der Waals surface area contributed by atoms with Crippen molar-refractivity contribution in [2.75, 3.05) is 18.5 Å². The highest BCUT2D eigenvalue weighted by atomic mass is 16.2. The molecule has 5 nitrogen and oxygen atoms in total. The smallest absolute Gasteiger partial charge is 0.228 e. The van der Waals surface area contributed by atoms with Crippen molar-refractivity contribution in [1.82, 2.24) is 5.32 Å². The second kappa shape index (κ2) is 5.18. The van der Waals surface area contributed by atoms with E-state index in [1.807, 2.05) is 24.3 Å². The van der Waals surface area contributed by atoms with E-state index in [1.165, 1.54) is 0 Å². The van der Waals surface area contributed by atoms with Gasteiger partial charge in [0.1, 0.15) is 0 Å². The molecule has 0 aliphatic carbocycles.